The molecule has 21 heavy (non-hydrogen) atoms. The summed E-state index contributed by atoms with van der Waals surface area (Å²) >= 11 is 0. The Hall–Kier alpha value is -1.96. The number of para-hydroxylation sites is 1. The summed E-state index contributed by atoms with van der Waals surface area (Å²) in [7, 11) is 0. The lowest BCUT2D eigenvalue weighted by Crippen LogP contribution is -2.07. The molecule has 1 saturated heterocycles. The number of rotatable bonds is 4. The molecule has 0 radical (unpaired) electrons. The van der Waals surface area contributed by atoms with Gasteiger partial charge in [-0.2, -0.15) is 0 Å². The molecule has 0 saturated carbocycles. The quantitative estimate of drug-likeness (QED) is 0.793. The zero-order valence-electron chi connectivity index (χ0n) is 12.2. The maximum Gasteiger partial charge on any atom is 0.0999 e. The van der Waals surface area contributed by atoms with Gasteiger partial charge >= 0.3 is 0 Å². The SMILES string of the molecule is C1=CCC2CC(CCCn3ccc4ccccc43)OC2=C1. The van der Waals surface area contributed by atoms with Crippen LogP contribution >= 0.6 is 0 Å². The topological polar surface area (TPSA) is 14.2 Å². The fourth-order valence-electron chi connectivity index (χ4n) is 3.57. The first-order chi connectivity index (χ1) is 10.4. The van der Waals surface area contributed by atoms with Crippen molar-refractivity contribution in [2.24, 2.45) is 5.92 Å². The summed E-state index contributed by atoms with van der Waals surface area (Å²) in [6, 6.07) is 10.8. The fourth-order valence-corrected chi connectivity index (χ4v) is 3.57. The molecule has 1 aromatic heterocycles. The van der Waals surface area contributed by atoms with E-state index < -0.39 is 0 Å². The highest BCUT2D eigenvalue weighted by molar-refractivity contribution is 5.79. The molecule has 1 fully saturated rings. The summed E-state index contributed by atoms with van der Waals surface area (Å²) in [5, 5.41) is 1.33. The molecule has 1 aliphatic carbocycles. The third kappa shape index (κ3) is 2.51. The zero-order valence-corrected chi connectivity index (χ0v) is 12.2. The monoisotopic (exact) mass is 279 g/mol. The molecule has 2 unspecified atom stereocenters. The Balaban J connectivity index is 1.34. The number of aryl methyl sites for hydroxylation is 1. The van der Waals surface area contributed by atoms with Gasteiger partial charge in [0.15, 0.2) is 0 Å². The molecule has 4 rings (SSSR count). The van der Waals surface area contributed by atoms with E-state index in [4.69, 9.17) is 4.74 Å². The molecule has 2 aromatic rings. The maximum atomic E-state index is 6.07. The van der Waals surface area contributed by atoms with Crippen molar-refractivity contribution in [2.75, 3.05) is 0 Å². The molecule has 2 nitrogen and oxygen atoms in total. The van der Waals surface area contributed by atoms with E-state index in [2.05, 4.69) is 59.3 Å². The van der Waals surface area contributed by atoms with Crippen LogP contribution in [0.15, 0.2) is 60.5 Å². The van der Waals surface area contributed by atoms with Crippen molar-refractivity contribution in [3.63, 3.8) is 0 Å². The lowest BCUT2D eigenvalue weighted by Gasteiger charge is -2.11. The van der Waals surface area contributed by atoms with Gasteiger partial charge in [0.05, 0.1) is 11.9 Å². The molecule has 2 aliphatic rings. The standard InChI is InChI=1S/C19H21NO/c1-3-9-18-15(6-1)11-13-20(18)12-5-8-17-14-16-7-2-4-10-19(16)21-17/h1-4,6,9-11,13,16-17H,5,7-8,12,14H2. The number of aromatic nitrogens is 1. The summed E-state index contributed by atoms with van der Waals surface area (Å²) < 4.78 is 8.43. The molecular weight excluding hydrogens is 258 g/mol. The highest BCUT2D eigenvalue weighted by Crippen LogP contribution is 2.36. The predicted octanol–water partition coefficient (Wildman–Crippen LogP) is 4.67. The van der Waals surface area contributed by atoms with Gasteiger partial charge in [-0.15, -0.1) is 0 Å². The Morgan fingerprint density at radius 3 is 3.10 bits per heavy atom. The molecule has 0 N–H and O–H groups in total. The molecule has 0 spiro atoms. The number of ether oxygens (including phenoxy) is 1. The molecule has 108 valence electrons. The van der Waals surface area contributed by atoms with Gasteiger partial charge in [0.1, 0.15) is 0 Å². The average molecular weight is 279 g/mol. The van der Waals surface area contributed by atoms with Crippen molar-refractivity contribution in [3.05, 3.63) is 60.5 Å². The minimum absolute atomic E-state index is 0.419. The summed E-state index contributed by atoms with van der Waals surface area (Å²) in [6.07, 6.45) is 13.8. The van der Waals surface area contributed by atoms with Crippen molar-refractivity contribution in [1.29, 1.82) is 0 Å². The third-order valence-corrected chi connectivity index (χ3v) is 4.68. The Kier molecular flexibility index (Phi) is 3.30. The van der Waals surface area contributed by atoms with Gasteiger partial charge in [-0.05, 0) is 49.3 Å². The van der Waals surface area contributed by atoms with Crippen LogP contribution in [0.25, 0.3) is 10.9 Å². The highest BCUT2D eigenvalue weighted by Gasteiger charge is 2.30. The van der Waals surface area contributed by atoms with Crippen molar-refractivity contribution in [3.8, 4) is 0 Å². The Morgan fingerprint density at radius 2 is 2.14 bits per heavy atom. The molecule has 2 heteroatoms. The van der Waals surface area contributed by atoms with Gasteiger partial charge in [-0.1, -0.05) is 30.4 Å². The number of allylic oxidation sites excluding steroid dienone is 4. The summed E-state index contributed by atoms with van der Waals surface area (Å²) in [5.41, 5.74) is 1.34. The van der Waals surface area contributed by atoms with Crippen molar-refractivity contribution in [1.82, 2.24) is 4.57 Å². The van der Waals surface area contributed by atoms with Crippen molar-refractivity contribution >= 4 is 10.9 Å². The Bertz CT molecular complexity index is 694. The largest absolute Gasteiger partial charge is 0.494 e. The van der Waals surface area contributed by atoms with Crippen molar-refractivity contribution < 1.29 is 4.74 Å². The fraction of sp³-hybridized carbons (Fsp3) is 0.368. The second-order valence-electron chi connectivity index (χ2n) is 6.12. The van der Waals surface area contributed by atoms with E-state index in [1.165, 1.54) is 29.5 Å². The first-order valence-electron chi connectivity index (χ1n) is 7.97. The zero-order chi connectivity index (χ0) is 14.1. The van der Waals surface area contributed by atoms with Gasteiger partial charge in [0.2, 0.25) is 0 Å². The van der Waals surface area contributed by atoms with E-state index in [1.807, 2.05) is 0 Å². The Labute approximate surface area is 125 Å². The molecule has 2 atom stereocenters. The first kappa shape index (κ1) is 12.8. The van der Waals surface area contributed by atoms with Crippen LogP contribution in [0.5, 0.6) is 0 Å². The first-order valence-corrected chi connectivity index (χ1v) is 7.97. The van der Waals surface area contributed by atoms with Crippen LogP contribution in [0.3, 0.4) is 0 Å². The highest BCUT2D eigenvalue weighted by atomic mass is 16.5. The number of hydrogen-bond donors (Lipinski definition) is 0. The smallest absolute Gasteiger partial charge is 0.0999 e. The summed E-state index contributed by atoms with van der Waals surface area (Å²) in [4.78, 5) is 0. The minimum atomic E-state index is 0.419. The van der Waals surface area contributed by atoms with Gasteiger partial charge in [-0.3, -0.25) is 0 Å². The summed E-state index contributed by atoms with van der Waals surface area (Å²) in [6.45, 7) is 1.08. The number of nitrogens with zero attached hydrogens (tertiary/aromatic N) is 1. The van der Waals surface area contributed by atoms with Crippen LogP contribution < -0.4 is 0 Å². The van der Waals surface area contributed by atoms with Gasteiger partial charge in [0, 0.05) is 24.2 Å². The average Bonchev–Trinajstić information content (AvgIpc) is 3.11. The van der Waals surface area contributed by atoms with E-state index in [-0.39, 0.29) is 0 Å². The third-order valence-electron chi connectivity index (χ3n) is 4.68. The lowest BCUT2D eigenvalue weighted by molar-refractivity contribution is 0.147. The van der Waals surface area contributed by atoms with Gasteiger partial charge in [-0.25, -0.2) is 0 Å². The van der Waals surface area contributed by atoms with Gasteiger partial charge in [0.25, 0.3) is 0 Å². The van der Waals surface area contributed by atoms with E-state index in [0.29, 0.717) is 12.0 Å². The second kappa shape index (κ2) is 5.44. The second-order valence-corrected chi connectivity index (χ2v) is 6.12. The van der Waals surface area contributed by atoms with Crippen LogP contribution in [-0.2, 0) is 11.3 Å². The molecule has 0 amide bonds. The van der Waals surface area contributed by atoms with Crippen molar-refractivity contribution in [2.45, 2.75) is 38.3 Å². The molecule has 2 heterocycles. The van der Waals surface area contributed by atoms with E-state index in [0.717, 1.165) is 19.4 Å². The molecule has 0 bridgehead atoms. The molecular formula is C19H21NO. The van der Waals surface area contributed by atoms with Gasteiger partial charge < -0.3 is 9.30 Å². The van der Waals surface area contributed by atoms with E-state index in [1.54, 1.807) is 0 Å². The molecule has 1 aliphatic heterocycles. The maximum absolute atomic E-state index is 6.07. The normalized spacial score (nSPS) is 23.9. The minimum Gasteiger partial charge on any atom is -0.494 e. The van der Waals surface area contributed by atoms with Crippen LogP contribution in [0.2, 0.25) is 0 Å². The number of fused-ring (bicyclic) bond motifs is 2. The lowest BCUT2D eigenvalue weighted by atomic mass is 9.94. The summed E-state index contributed by atoms with van der Waals surface area (Å²) in [5.74, 6) is 1.86. The van der Waals surface area contributed by atoms with Crippen LogP contribution in [0.1, 0.15) is 25.7 Å². The number of benzene rings is 1. The Morgan fingerprint density at radius 1 is 1.19 bits per heavy atom. The predicted molar refractivity (Wildman–Crippen MR) is 86.0 cm³/mol. The van der Waals surface area contributed by atoms with Crippen LogP contribution in [-0.4, -0.2) is 10.7 Å². The number of hydrogen-bond acceptors (Lipinski definition) is 1. The van der Waals surface area contributed by atoms with E-state index >= 15 is 0 Å². The molecule has 1 aromatic carbocycles. The van der Waals surface area contributed by atoms with E-state index in [9.17, 15) is 0 Å². The van der Waals surface area contributed by atoms with Crippen LogP contribution in [0, 0.1) is 5.92 Å². The van der Waals surface area contributed by atoms with Crippen LogP contribution in [0.4, 0.5) is 0 Å².